The van der Waals surface area contributed by atoms with Gasteiger partial charge in [-0.05, 0) is 58.7 Å². The van der Waals surface area contributed by atoms with Crippen LogP contribution in [0.25, 0.3) is 0 Å². The largest absolute Gasteiger partial charge is 0.273 e. The number of benzene rings is 1. The molecule has 9 heteroatoms. The van der Waals surface area contributed by atoms with Gasteiger partial charge >= 0.3 is 0 Å². The molecule has 3 fully saturated rings. The van der Waals surface area contributed by atoms with Crippen LogP contribution in [0, 0.1) is 28.9 Å². The molecule has 7 nitrogen and oxygen atoms in total. The predicted octanol–water partition coefficient (Wildman–Crippen LogP) is 2.40. The van der Waals surface area contributed by atoms with Gasteiger partial charge in [-0.25, -0.2) is 18.9 Å². The molecule has 2 bridgehead atoms. The second-order valence-corrected chi connectivity index (χ2v) is 7.94. The van der Waals surface area contributed by atoms with Gasteiger partial charge in [0.1, 0.15) is 17.5 Å². The van der Waals surface area contributed by atoms with Crippen molar-refractivity contribution in [2.45, 2.75) is 38.1 Å². The van der Waals surface area contributed by atoms with Gasteiger partial charge in [-0.15, -0.1) is 5.10 Å². The van der Waals surface area contributed by atoms with Gasteiger partial charge < -0.3 is 0 Å². The molecule has 3 aliphatic carbocycles. The molecule has 0 saturated heterocycles. The molecule has 2 heterocycles. The number of aromatic amines is 1. The molecule has 27 heavy (non-hydrogen) atoms. The number of rotatable bonds is 4. The van der Waals surface area contributed by atoms with Gasteiger partial charge in [0, 0.05) is 31.0 Å². The first-order chi connectivity index (χ1) is 13.0. The Bertz CT molecular complexity index is 888. The maximum absolute atomic E-state index is 13.6. The molecule has 0 spiro atoms. The third kappa shape index (κ3) is 2.72. The highest BCUT2D eigenvalue weighted by Gasteiger charge is 2.59. The molecule has 1 aromatic heterocycles. The summed E-state index contributed by atoms with van der Waals surface area (Å²) in [6, 6.07) is 2.93. The summed E-state index contributed by atoms with van der Waals surface area (Å²) < 4.78 is 27.2. The molecule has 4 aliphatic rings. The van der Waals surface area contributed by atoms with Gasteiger partial charge in [-0.1, -0.05) is 0 Å². The minimum atomic E-state index is -0.646. The number of H-pyrrole nitrogens is 1. The zero-order valence-electron chi connectivity index (χ0n) is 14.5. The van der Waals surface area contributed by atoms with Crippen LogP contribution in [0.2, 0.25) is 0 Å². The van der Waals surface area contributed by atoms with Crippen molar-refractivity contribution >= 4 is 12.1 Å². The number of hydrogen-bond donors (Lipinski definition) is 1. The first-order valence-corrected chi connectivity index (χ1v) is 9.07. The van der Waals surface area contributed by atoms with Crippen molar-refractivity contribution < 1.29 is 13.6 Å². The smallest absolute Gasteiger partial charge is 0.246 e. The maximum atomic E-state index is 13.6. The summed E-state index contributed by atoms with van der Waals surface area (Å²) in [5, 5.41) is 19.6. The number of aromatic nitrogens is 4. The van der Waals surface area contributed by atoms with Crippen molar-refractivity contribution in [3.05, 3.63) is 41.2 Å². The van der Waals surface area contributed by atoms with Crippen molar-refractivity contribution in [2.75, 3.05) is 0 Å². The highest BCUT2D eigenvalue weighted by molar-refractivity contribution is 5.83. The lowest BCUT2D eigenvalue weighted by atomic mass is 9.67. The van der Waals surface area contributed by atoms with Crippen LogP contribution in [-0.4, -0.2) is 37.8 Å². The first-order valence-electron chi connectivity index (χ1n) is 9.07. The van der Waals surface area contributed by atoms with E-state index in [1.54, 1.807) is 6.21 Å². The van der Waals surface area contributed by atoms with Gasteiger partial charge in [-0.3, -0.25) is 4.79 Å². The van der Waals surface area contributed by atoms with E-state index in [1.165, 1.54) is 17.1 Å². The lowest BCUT2D eigenvalue weighted by Gasteiger charge is -2.37. The summed E-state index contributed by atoms with van der Waals surface area (Å²) in [5.74, 6) is -0.391. The molecule has 6 rings (SSSR count). The number of nitrogens with one attached hydrogen (secondary N) is 1. The molecule has 2 aromatic rings. The Labute approximate surface area is 153 Å². The maximum Gasteiger partial charge on any atom is 0.246 e. The van der Waals surface area contributed by atoms with Crippen LogP contribution in [0.5, 0.6) is 0 Å². The molecular weight excluding hydrogens is 354 g/mol. The van der Waals surface area contributed by atoms with Crippen molar-refractivity contribution in [3.8, 4) is 0 Å². The summed E-state index contributed by atoms with van der Waals surface area (Å²) in [5.41, 5.74) is 0.502. The Hall–Kier alpha value is -2.71. The van der Waals surface area contributed by atoms with E-state index in [2.05, 4.69) is 25.7 Å². The molecule has 1 N–H and O–H groups in total. The molecule has 2 unspecified atom stereocenters. The fraction of sp³-hybridized carbons (Fsp3) is 0.500. The quantitative estimate of drug-likeness (QED) is 0.893. The number of halogens is 2. The van der Waals surface area contributed by atoms with Gasteiger partial charge in [0.05, 0.1) is 6.04 Å². The van der Waals surface area contributed by atoms with E-state index in [0.717, 1.165) is 37.6 Å². The minimum Gasteiger partial charge on any atom is -0.273 e. The van der Waals surface area contributed by atoms with Gasteiger partial charge in [0.25, 0.3) is 0 Å². The molecule has 1 aliphatic heterocycles. The number of hydrogen-bond acceptors (Lipinski definition) is 5. The topological polar surface area (TPSA) is 87.1 Å². The SMILES string of the molecule is O=C(C1CC2(Cc3nnn[nH]3)CC1C2)N1N=CCC1c1cc(F)cc(F)c1. The monoisotopic (exact) mass is 372 g/mol. The van der Waals surface area contributed by atoms with Crippen LogP contribution >= 0.6 is 0 Å². The Morgan fingerprint density at radius 3 is 2.70 bits per heavy atom. The molecular formula is C18H18F2N6O. The van der Waals surface area contributed by atoms with Crippen LogP contribution in [0.3, 0.4) is 0 Å². The highest BCUT2D eigenvalue weighted by Crippen LogP contribution is 2.63. The van der Waals surface area contributed by atoms with E-state index >= 15 is 0 Å². The predicted molar refractivity (Wildman–Crippen MR) is 90.2 cm³/mol. The number of hydrazone groups is 1. The molecule has 1 amide bonds. The highest BCUT2D eigenvalue weighted by atomic mass is 19.1. The van der Waals surface area contributed by atoms with E-state index in [1.807, 2.05) is 0 Å². The summed E-state index contributed by atoms with van der Waals surface area (Å²) >= 11 is 0. The van der Waals surface area contributed by atoms with E-state index in [9.17, 15) is 13.6 Å². The normalized spacial score (nSPS) is 31.3. The van der Waals surface area contributed by atoms with Crippen molar-refractivity contribution in [1.29, 1.82) is 0 Å². The van der Waals surface area contributed by atoms with E-state index in [0.29, 0.717) is 17.9 Å². The van der Waals surface area contributed by atoms with Crippen LogP contribution in [0.1, 0.15) is 43.1 Å². The Kier molecular flexibility index (Phi) is 3.60. The molecule has 2 atom stereocenters. The third-order valence-electron chi connectivity index (χ3n) is 6.19. The summed E-state index contributed by atoms with van der Waals surface area (Å²) in [6.45, 7) is 0. The molecule has 140 valence electrons. The van der Waals surface area contributed by atoms with Gasteiger partial charge in [-0.2, -0.15) is 5.10 Å². The average Bonchev–Trinajstić information content (AvgIpc) is 3.36. The second-order valence-electron chi connectivity index (χ2n) is 7.94. The number of carbonyl (C=O) groups is 1. The minimum absolute atomic E-state index is 0.0570. The molecule has 0 radical (unpaired) electrons. The lowest BCUT2D eigenvalue weighted by Crippen LogP contribution is -2.35. The lowest BCUT2D eigenvalue weighted by molar-refractivity contribution is -0.138. The molecule has 1 aromatic carbocycles. The Balaban J connectivity index is 1.33. The standard InChI is InChI=1S/C18H18F2N6O/c19-12-3-10(4-13(20)5-12)15-1-2-21-26(15)17(27)14-8-18(6-11(14)7-18)9-16-22-24-25-23-16/h2-5,11,14-15H,1,6-9H2,(H,22,23,24,25). The van der Waals surface area contributed by atoms with Crippen LogP contribution < -0.4 is 0 Å². The third-order valence-corrected chi connectivity index (χ3v) is 6.19. The van der Waals surface area contributed by atoms with Gasteiger partial charge in [0.15, 0.2) is 0 Å². The van der Waals surface area contributed by atoms with E-state index in [4.69, 9.17) is 0 Å². The first kappa shape index (κ1) is 16.5. The van der Waals surface area contributed by atoms with Crippen LogP contribution in [0.4, 0.5) is 8.78 Å². The summed E-state index contributed by atoms with van der Waals surface area (Å²) in [6.07, 6.45) is 5.55. The van der Waals surface area contributed by atoms with E-state index < -0.39 is 17.7 Å². The number of fused-ring (bicyclic) bond motifs is 1. The Morgan fingerprint density at radius 1 is 1.22 bits per heavy atom. The Morgan fingerprint density at radius 2 is 2.00 bits per heavy atom. The number of nitrogens with zero attached hydrogens (tertiary/aromatic N) is 5. The van der Waals surface area contributed by atoms with Crippen molar-refractivity contribution in [3.63, 3.8) is 0 Å². The van der Waals surface area contributed by atoms with Gasteiger partial charge in [0.2, 0.25) is 5.91 Å². The van der Waals surface area contributed by atoms with Crippen LogP contribution in [-0.2, 0) is 11.2 Å². The average molecular weight is 372 g/mol. The second kappa shape index (κ2) is 5.90. The number of carbonyl (C=O) groups excluding carboxylic acids is 1. The van der Waals surface area contributed by atoms with Crippen molar-refractivity contribution in [1.82, 2.24) is 25.6 Å². The fourth-order valence-electron chi connectivity index (χ4n) is 5.09. The van der Waals surface area contributed by atoms with Crippen LogP contribution in [0.15, 0.2) is 23.3 Å². The fourth-order valence-corrected chi connectivity index (χ4v) is 5.09. The zero-order chi connectivity index (χ0) is 18.6. The molecule has 3 saturated carbocycles. The summed E-state index contributed by atoms with van der Waals surface area (Å²) in [4.78, 5) is 13.2. The van der Waals surface area contributed by atoms with Crippen molar-refractivity contribution in [2.24, 2.45) is 22.4 Å². The van der Waals surface area contributed by atoms with E-state index in [-0.39, 0.29) is 17.2 Å². The zero-order valence-corrected chi connectivity index (χ0v) is 14.5. The number of amides is 1. The summed E-state index contributed by atoms with van der Waals surface area (Å²) in [7, 11) is 0. The number of tetrazole rings is 1.